The van der Waals surface area contributed by atoms with Crippen molar-refractivity contribution < 1.29 is 9.47 Å². The Bertz CT molecular complexity index is 376. The minimum absolute atomic E-state index is 0.197. The molecule has 1 aromatic heterocycles. The molecular formula is C13H23N3O2S. The molecule has 2 heterocycles. The highest BCUT2D eigenvalue weighted by Crippen LogP contribution is 2.26. The highest BCUT2D eigenvalue weighted by Gasteiger charge is 2.26. The van der Waals surface area contributed by atoms with E-state index in [0.29, 0.717) is 5.19 Å². The van der Waals surface area contributed by atoms with Gasteiger partial charge in [0, 0.05) is 19.4 Å². The van der Waals surface area contributed by atoms with Crippen molar-refractivity contribution >= 4 is 11.3 Å². The molecule has 1 saturated heterocycles. The lowest BCUT2D eigenvalue weighted by Gasteiger charge is -2.31. The minimum atomic E-state index is 0.197. The average Bonchev–Trinajstić information content (AvgIpc) is 2.76. The van der Waals surface area contributed by atoms with Gasteiger partial charge in [-0.25, -0.2) is 0 Å². The molecule has 6 heteroatoms. The van der Waals surface area contributed by atoms with Crippen LogP contribution in [0.25, 0.3) is 0 Å². The molecule has 1 aliphatic rings. The number of nitrogens with zero attached hydrogens (tertiary/aromatic N) is 2. The Morgan fingerprint density at radius 2 is 2.05 bits per heavy atom. The molecule has 0 spiro atoms. The van der Waals surface area contributed by atoms with Gasteiger partial charge in [0.15, 0.2) is 0 Å². The predicted molar refractivity (Wildman–Crippen MR) is 75.6 cm³/mol. The fourth-order valence-electron chi connectivity index (χ4n) is 2.31. The second-order valence-corrected chi connectivity index (χ2v) is 6.13. The van der Waals surface area contributed by atoms with Gasteiger partial charge < -0.3 is 14.8 Å². The Morgan fingerprint density at radius 1 is 1.32 bits per heavy atom. The van der Waals surface area contributed by atoms with Crippen molar-refractivity contribution in [3.8, 4) is 5.19 Å². The first-order valence-corrected chi connectivity index (χ1v) is 7.84. The van der Waals surface area contributed by atoms with Crippen LogP contribution in [0.3, 0.4) is 0 Å². The van der Waals surface area contributed by atoms with Gasteiger partial charge in [-0.2, -0.15) is 0 Å². The summed E-state index contributed by atoms with van der Waals surface area (Å²) < 4.78 is 11.6. The summed E-state index contributed by atoms with van der Waals surface area (Å²) in [5, 5.41) is 13.2. The molecule has 0 bridgehead atoms. The summed E-state index contributed by atoms with van der Waals surface area (Å²) in [5.41, 5.74) is 0. The topological polar surface area (TPSA) is 56.3 Å². The Hall–Kier alpha value is -0.720. The van der Waals surface area contributed by atoms with E-state index in [-0.39, 0.29) is 18.3 Å². The third-order valence-corrected chi connectivity index (χ3v) is 3.89. The Balaban J connectivity index is 1.82. The maximum Gasteiger partial charge on any atom is 0.294 e. The Morgan fingerprint density at radius 3 is 2.74 bits per heavy atom. The smallest absolute Gasteiger partial charge is 0.294 e. The van der Waals surface area contributed by atoms with Crippen molar-refractivity contribution in [3.05, 3.63) is 5.01 Å². The zero-order valence-corrected chi connectivity index (χ0v) is 12.7. The second-order valence-electron chi connectivity index (χ2n) is 5.11. The van der Waals surface area contributed by atoms with Gasteiger partial charge >= 0.3 is 0 Å². The summed E-state index contributed by atoms with van der Waals surface area (Å²) in [6, 6.07) is 0. The first-order chi connectivity index (χ1) is 9.17. The summed E-state index contributed by atoms with van der Waals surface area (Å²) >= 11 is 1.53. The van der Waals surface area contributed by atoms with Crippen molar-refractivity contribution in [3.63, 3.8) is 0 Å². The standard InChI is InChI=1S/C13H23N3O2S/c1-4-5-14-8-12-15-16-13(19-12)18-11-6-9(2)17-10(3)7-11/h9-11,14H,4-8H2,1-3H3. The van der Waals surface area contributed by atoms with E-state index in [0.717, 1.165) is 37.4 Å². The van der Waals surface area contributed by atoms with Crippen LogP contribution in [0.2, 0.25) is 0 Å². The molecule has 1 aliphatic heterocycles. The van der Waals surface area contributed by atoms with Gasteiger partial charge in [0.2, 0.25) is 0 Å². The second kappa shape index (κ2) is 7.17. The third-order valence-electron chi connectivity index (χ3n) is 3.07. The quantitative estimate of drug-likeness (QED) is 0.813. The van der Waals surface area contributed by atoms with E-state index in [2.05, 4.69) is 36.3 Å². The summed E-state index contributed by atoms with van der Waals surface area (Å²) in [7, 11) is 0. The van der Waals surface area contributed by atoms with Crippen molar-refractivity contribution in [1.29, 1.82) is 0 Å². The summed E-state index contributed by atoms with van der Waals surface area (Å²) in [6.45, 7) is 8.10. The number of nitrogens with one attached hydrogen (secondary N) is 1. The third kappa shape index (κ3) is 4.71. The molecule has 5 nitrogen and oxygen atoms in total. The van der Waals surface area contributed by atoms with Crippen LogP contribution in [0.15, 0.2) is 0 Å². The van der Waals surface area contributed by atoms with E-state index in [9.17, 15) is 0 Å². The SMILES string of the molecule is CCCNCc1nnc(OC2CC(C)OC(C)C2)s1. The number of rotatable bonds is 6. The van der Waals surface area contributed by atoms with Crippen LogP contribution in [0.4, 0.5) is 0 Å². The highest BCUT2D eigenvalue weighted by atomic mass is 32.1. The van der Waals surface area contributed by atoms with Gasteiger partial charge in [0.05, 0.1) is 12.2 Å². The Kier molecular flexibility index (Phi) is 5.54. The molecule has 0 amide bonds. The molecule has 1 aromatic rings. The fraction of sp³-hybridized carbons (Fsp3) is 0.846. The summed E-state index contributed by atoms with van der Waals surface area (Å²) in [4.78, 5) is 0. The molecule has 0 radical (unpaired) electrons. The molecule has 2 rings (SSSR count). The van der Waals surface area contributed by atoms with Gasteiger partial charge in [-0.15, -0.1) is 5.10 Å². The normalized spacial score (nSPS) is 27.4. The van der Waals surface area contributed by atoms with Gasteiger partial charge in [-0.1, -0.05) is 23.4 Å². The average molecular weight is 285 g/mol. The zero-order valence-electron chi connectivity index (χ0n) is 11.9. The van der Waals surface area contributed by atoms with Crippen molar-refractivity contribution in [1.82, 2.24) is 15.5 Å². The summed E-state index contributed by atoms with van der Waals surface area (Å²) in [5.74, 6) is 0. The van der Waals surface area contributed by atoms with Crippen LogP contribution in [-0.4, -0.2) is 35.1 Å². The lowest BCUT2D eigenvalue weighted by Crippen LogP contribution is -2.35. The molecule has 19 heavy (non-hydrogen) atoms. The van der Waals surface area contributed by atoms with Crippen LogP contribution < -0.4 is 10.1 Å². The van der Waals surface area contributed by atoms with Gasteiger partial charge in [-0.3, -0.25) is 0 Å². The first kappa shape index (κ1) is 14.7. The Labute approximate surface area is 118 Å². The van der Waals surface area contributed by atoms with Gasteiger partial charge in [0.1, 0.15) is 11.1 Å². The first-order valence-electron chi connectivity index (χ1n) is 7.02. The fourth-order valence-corrected chi connectivity index (χ4v) is 3.04. The number of hydrogen-bond acceptors (Lipinski definition) is 6. The van der Waals surface area contributed by atoms with E-state index in [1.165, 1.54) is 11.3 Å². The van der Waals surface area contributed by atoms with Gasteiger partial charge in [-0.05, 0) is 26.8 Å². The molecule has 0 aliphatic carbocycles. The van der Waals surface area contributed by atoms with E-state index in [1.807, 2.05) is 0 Å². The van der Waals surface area contributed by atoms with Crippen LogP contribution in [0.1, 0.15) is 45.0 Å². The monoisotopic (exact) mass is 285 g/mol. The van der Waals surface area contributed by atoms with Crippen molar-refractivity contribution in [2.75, 3.05) is 6.54 Å². The summed E-state index contributed by atoms with van der Waals surface area (Å²) in [6.07, 6.45) is 3.68. The molecule has 2 unspecified atom stereocenters. The number of hydrogen-bond donors (Lipinski definition) is 1. The van der Waals surface area contributed by atoms with Crippen LogP contribution in [-0.2, 0) is 11.3 Å². The lowest BCUT2D eigenvalue weighted by molar-refractivity contribution is -0.0722. The maximum absolute atomic E-state index is 5.92. The minimum Gasteiger partial charge on any atom is -0.465 e. The van der Waals surface area contributed by atoms with E-state index in [1.54, 1.807) is 0 Å². The maximum atomic E-state index is 5.92. The van der Waals surface area contributed by atoms with E-state index in [4.69, 9.17) is 9.47 Å². The molecule has 1 fully saturated rings. The largest absolute Gasteiger partial charge is 0.465 e. The molecule has 0 saturated carbocycles. The van der Waals surface area contributed by atoms with E-state index < -0.39 is 0 Å². The van der Waals surface area contributed by atoms with E-state index >= 15 is 0 Å². The molecule has 0 aromatic carbocycles. The zero-order chi connectivity index (χ0) is 13.7. The van der Waals surface area contributed by atoms with Crippen LogP contribution >= 0.6 is 11.3 Å². The molecule has 1 N–H and O–H groups in total. The van der Waals surface area contributed by atoms with Gasteiger partial charge in [0.25, 0.3) is 5.19 Å². The number of ether oxygens (including phenoxy) is 2. The highest BCUT2D eigenvalue weighted by molar-refractivity contribution is 7.13. The van der Waals surface area contributed by atoms with Crippen LogP contribution in [0, 0.1) is 0 Å². The lowest BCUT2D eigenvalue weighted by atomic mass is 10.0. The molecule has 108 valence electrons. The molecule has 2 atom stereocenters. The van der Waals surface area contributed by atoms with Crippen molar-refractivity contribution in [2.24, 2.45) is 0 Å². The number of aromatic nitrogens is 2. The molecular weight excluding hydrogens is 262 g/mol. The predicted octanol–water partition coefficient (Wildman–Crippen LogP) is 2.37. The van der Waals surface area contributed by atoms with Crippen molar-refractivity contribution in [2.45, 2.75) is 64.9 Å². The van der Waals surface area contributed by atoms with Crippen LogP contribution in [0.5, 0.6) is 5.19 Å².